The van der Waals surface area contributed by atoms with Gasteiger partial charge in [-0.05, 0) is 61.5 Å². The predicted octanol–water partition coefficient (Wildman–Crippen LogP) is 7.52. The first-order valence-corrected chi connectivity index (χ1v) is 10.9. The zero-order chi connectivity index (χ0) is 22.1. The van der Waals surface area contributed by atoms with E-state index in [0.29, 0.717) is 5.88 Å². The Hall–Kier alpha value is -2.55. The van der Waals surface area contributed by atoms with E-state index in [0.717, 1.165) is 48.1 Å². The fraction of sp³-hybridized carbons (Fsp3) is 0.407. The molecule has 0 spiro atoms. The first-order valence-electron chi connectivity index (χ1n) is 10.9. The molecule has 3 heteroatoms. The van der Waals surface area contributed by atoms with E-state index in [-0.39, 0.29) is 11.5 Å². The van der Waals surface area contributed by atoms with Crippen LogP contribution in [0.5, 0.6) is 5.75 Å². The third-order valence-corrected chi connectivity index (χ3v) is 5.57. The average molecular weight is 410 g/mol. The van der Waals surface area contributed by atoms with Gasteiger partial charge in [0.05, 0.1) is 5.54 Å². The Labute approximate surface area is 181 Å². The average Bonchev–Trinajstić information content (AvgIpc) is 2.72. The van der Waals surface area contributed by atoms with Crippen molar-refractivity contribution in [1.82, 2.24) is 5.32 Å². The van der Waals surface area contributed by atoms with E-state index >= 15 is 0 Å². The molecule has 0 amide bonds. The Morgan fingerprint density at radius 1 is 1.27 bits per heavy atom. The van der Waals surface area contributed by atoms with Crippen LogP contribution in [0.2, 0.25) is 0 Å². The van der Waals surface area contributed by atoms with Gasteiger partial charge in [-0.3, -0.25) is 0 Å². The number of alkyl halides is 1. The third kappa shape index (κ3) is 6.48. The van der Waals surface area contributed by atoms with Gasteiger partial charge in [-0.15, -0.1) is 0 Å². The molecule has 30 heavy (non-hydrogen) atoms. The number of hydrogen-bond donors (Lipinski definition) is 1. The van der Waals surface area contributed by atoms with Crippen LogP contribution >= 0.6 is 0 Å². The van der Waals surface area contributed by atoms with Gasteiger partial charge in [-0.1, -0.05) is 76.8 Å². The number of hydrogen-bond acceptors (Lipinski definition) is 2. The molecule has 1 N–H and O–H groups in total. The largest absolute Gasteiger partial charge is 0.441 e. The maximum Gasteiger partial charge on any atom is 0.186 e. The third-order valence-electron chi connectivity index (χ3n) is 5.57. The summed E-state index contributed by atoms with van der Waals surface area (Å²) in [5.74, 6) is 1.31. The van der Waals surface area contributed by atoms with E-state index in [4.69, 9.17) is 4.74 Å². The highest BCUT2D eigenvalue weighted by Gasteiger charge is 2.28. The van der Waals surface area contributed by atoms with Crippen LogP contribution in [0.4, 0.5) is 4.39 Å². The van der Waals surface area contributed by atoms with Crippen molar-refractivity contribution in [2.75, 3.05) is 0 Å². The van der Waals surface area contributed by atoms with Gasteiger partial charge in [0.15, 0.2) is 5.88 Å². The van der Waals surface area contributed by atoms with Crippen molar-refractivity contribution in [3.05, 3.63) is 84.3 Å². The van der Waals surface area contributed by atoms with Crippen LogP contribution in [0.1, 0.15) is 58.9 Å². The summed E-state index contributed by atoms with van der Waals surface area (Å²) in [6, 6.07) is 7.95. The minimum Gasteiger partial charge on any atom is -0.441 e. The van der Waals surface area contributed by atoms with Crippen LogP contribution in [0, 0.1) is 5.92 Å². The van der Waals surface area contributed by atoms with E-state index in [1.165, 1.54) is 0 Å². The van der Waals surface area contributed by atoms with E-state index in [9.17, 15) is 4.39 Å². The molecule has 1 unspecified atom stereocenters. The van der Waals surface area contributed by atoms with Gasteiger partial charge in [0, 0.05) is 5.56 Å². The van der Waals surface area contributed by atoms with Crippen molar-refractivity contribution in [2.24, 2.45) is 5.92 Å². The quantitative estimate of drug-likeness (QED) is 0.426. The summed E-state index contributed by atoms with van der Waals surface area (Å²) in [7, 11) is 0. The molecule has 0 aliphatic carbocycles. The number of para-hydroxylation sites is 1. The number of halogens is 1. The highest BCUT2D eigenvalue weighted by atomic mass is 19.1. The van der Waals surface area contributed by atoms with Crippen LogP contribution in [-0.2, 0) is 0 Å². The summed E-state index contributed by atoms with van der Waals surface area (Å²) in [5.41, 5.74) is 2.79. The first kappa shape index (κ1) is 23.7. The Morgan fingerprint density at radius 3 is 2.67 bits per heavy atom. The Kier molecular flexibility index (Phi) is 8.71. The van der Waals surface area contributed by atoms with E-state index in [2.05, 4.69) is 50.6 Å². The van der Waals surface area contributed by atoms with Gasteiger partial charge in [-0.25, -0.2) is 4.39 Å². The SMILES string of the molecule is C=C1NC(CC)(CC/C(=C/CC)C(=C)/C=C\[C@@H](F)C(C)C)/C=C\c2ccccc2O1. The zero-order valence-electron chi connectivity index (χ0n) is 18.9. The number of allylic oxidation sites excluding steroid dienone is 5. The molecule has 1 aliphatic rings. The van der Waals surface area contributed by atoms with Gasteiger partial charge in [0.1, 0.15) is 11.9 Å². The van der Waals surface area contributed by atoms with Crippen LogP contribution in [-0.4, -0.2) is 11.7 Å². The van der Waals surface area contributed by atoms with Crippen LogP contribution in [0.3, 0.4) is 0 Å². The lowest BCUT2D eigenvalue weighted by atomic mass is 9.85. The molecule has 1 heterocycles. The van der Waals surface area contributed by atoms with Gasteiger partial charge in [0.25, 0.3) is 0 Å². The van der Waals surface area contributed by atoms with Gasteiger partial charge in [0.2, 0.25) is 0 Å². The summed E-state index contributed by atoms with van der Waals surface area (Å²) in [4.78, 5) is 0. The molecule has 1 aliphatic heterocycles. The summed E-state index contributed by atoms with van der Waals surface area (Å²) in [6.07, 6.45) is 12.5. The molecule has 0 saturated heterocycles. The fourth-order valence-electron chi connectivity index (χ4n) is 3.50. The van der Waals surface area contributed by atoms with Gasteiger partial charge in [-0.2, -0.15) is 0 Å². The highest BCUT2D eigenvalue weighted by Crippen LogP contribution is 2.31. The molecular formula is C27H36FNO. The van der Waals surface area contributed by atoms with Gasteiger partial charge < -0.3 is 10.1 Å². The van der Waals surface area contributed by atoms with Crippen molar-refractivity contribution in [3.8, 4) is 5.75 Å². The lowest BCUT2D eigenvalue weighted by Crippen LogP contribution is -2.43. The van der Waals surface area contributed by atoms with E-state index in [1.807, 2.05) is 44.2 Å². The summed E-state index contributed by atoms with van der Waals surface area (Å²) in [5, 5.41) is 3.49. The number of benzene rings is 1. The number of ether oxygens (including phenoxy) is 1. The lowest BCUT2D eigenvalue weighted by Gasteiger charge is -2.34. The first-order chi connectivity index (χ1) is 14.3. The Morgan fingerprint density at radius 2 is 2.00 bits per heavy atom. The molecule has 0 bridgehead atoms. The topological polar surface area (TPSA) is 21.3 Å². The maximum absolute atomic E-state index is 14.0. The summed E-state index contributed by atoms with van der Waals surface area (Å²) < 4.78 is 19.9. The van der Waals surface area contributed by atoms with Crippen LogP contribution < -0.4 is 10.1 Å². The number of rotatable bonds is 9. The molecule has 2 rings (SSSR count). The fourth-order valence-corrected chi connectivity index (χ4v) is 3.50. The molecule has 0 fully saturated rings. The standard InChI is InChI=1S/C27H36FNO/c1-7-11-23(21(5)14-15-25(28)20(3)4)16-18-27(8-2)19-17-24-12-9-10-13-26(24)30-22(6)29-27/h9-15,17,19-20,25,29H,5-8,16,18H2,1-4H3/b15-14-,19-17-,23-11-/t25-,27?/m1/s1. The second-order valence-electron chi connectivity index (χ2n) is 8.24. The Balaban J connectivity index is 2.20. The molecule has 162 valence electrons. The predicted molar refractivity (Wildman–Crippen MR) is 127 cm³/mol. The molecule has 1 aromatic carbocycles. The normalized spacial score (nSPS) is 21.4. The lowest BCUT2D eigenvalue weighted by molar-refractivity contribution is 0.299. The zero-order valence-corrected chi connectivity index (χ0v) is 18.9. The van der Waals surface area contributed by atoms with E-state index in [1.54, 1.807) is 6.08 Å². The van der Waals surface area contributed by atoms with Crippen molar-refractivity contribution in [3.63, 3.8) is 0 Å². The van der Waals surface area contributed by atoms with Crippen molar-refractivity contribution in [1.29, 1.82) is 0 Å². The van der Waals surface area contributed by atoms with Crippen molar-refractivity contribution >= 4 is 6.08 Å². The maximum atomic E-state index is 14.0. The Bertz CT molecular complexity index is 833. The van der Waals surface area contributed by atoms with Gasteiger partial charge >= 0.3 is 0 Å². The highest BCUT2D eigenvalue weighted by molar-refractivity contribution is 5.59. The second kappa shape index (κ2) is 11.0. The second-order valence-corrected chi connectivity index (χ2v) is 8.24. The minimum absolute atomic E-state index is 0.0332. The molecule has 0 radical (unpaired) electrons. The van der Waals surface area contributed by atoms with Crippen molar-refractivity contribution in [2.45, 2.75) is 65.1 Å². The molecule has 0 saturated carbocycles. The molecule has 2 atom stereocenters. The van der Waals surface area contributed by atoms with Crippen molar-refractivity contribution < 1.29 is 9.13 Å². The van der Waals surface area contributed by atoms with Crippen LogP contribution in [0.25, 0.3) is 6.08 Å². The summed E-state index contributed by atoms with van der Waals surface area (Å²) in [6.45, 7) is 16.3. The molecule has 1 aromatic rings. The number of nitrogens with one attached hydrogen (secondary N) is 1. The number of fused-ring (bicyclic) bond motifs is 1. The summed E-state index contributed by atoms with van der Waals surface area (Å²) >= 11 is 0. The van der Waals surface area contributed by atoms with Crippen LogP contribution in [0.15, 0.2) is 78.8 Å². The molecular weight excluding hydrogens is 373 g/mol. The molecule has 2 nitrogen and oxygen atoms in total. The smallest absolute Gasteiger partial charge is 0.186 e. The monoisotopic (exact) mass is 409 g/mol. The minimum atomic E-state index is -0.956. The van der Waals surface area contributed by atoms with E-state index < -0.39 is 6.17 Å². The molecule has 0 aromatic heterocycles.